The molecular formula is C14H24N2S. The molecule has 0 radical (unpaired) electrons. The molecule has 96 valence electrons. The highest BCUT2D eigenvalue weighted by Gasteiger charge is 2.59. The minimum absolute atomic E-state index is 0.432. The van der Waals surface area contributed by atoms with E-state index in [1.54, 1.807) is 0 Å². The lowest BCUT2D eigenvalue weighted by Crippen LogP contribution is -2.51. The quantitative estimate of drug-likeness (QED) is 0.774. The summed E-state index contributed by atoms with van der Waals surface area (Å²) >= 11 is 1.92. The van der Waals surface area contributed by atoms with Crippen molar-refractivity contribution in [2.45, 2.75) is 58.2 Å². The fourth-order valence-electron chi connectivity index (χ4n) is 4.34. The summed E-state index contributed by atoms with van der Waals surface area (Å²) in [5.74, 6) is 0.912. The van der Waals surface area contributed by atoms with Crippen LogP contribution in [0.5, 0.6) is 0 Å². The molecule has 2 bridgehead atoms. The van der Waals surface area contributed by atoms with Crippen LogP contribution in [0.25, 0.3) is 0 Å². The van der Waals surface area contributed by atoms with Gasteiger partial charge in [0, 0.05) is 11.3 Å². The fourth-order valence-corrected chi connectivity index (χ4v) is 5.21. The number of aliphatic imine (C=N–C) groups is 1. The molecule has 0 aromatic carbocycles. The second kappa shape index (κ2) is 3.66. The Hall–Kier alpha value is -0.180. The molecule has 0 aromatic heterocycles. The Balaban J connectivity index is 1.78. The standard InChI is InChI=1S/C14H24N2S/c1-9-8-15-12(17-9)16-11-13(2,3)10-5-6-14(11,4)7-10/h9-11H,5-8H2,1-4H3,(H,15,16). The highest BCUT2D eigenvalue weighted by Crippen LogP contribution is 2.62. The number of hydrogen-bond donors (Lipinski definition) is 1. The van der Waals surface area contributed by atoms with Crippen molar-refractivity contribution in [1.29, 1.82) is 0 Å². The topological polar surface area (TPSA) is 24.4 Å². The van der Waals surface area contributed by atoms with Gasteiger partial charge in [0.1, 0.15) is 0 Å². The maximum Gasteiger partial charge on any atom is 0.157 e. The van der Waals surface area contributed by atoms with Crippen molar-refractivity contribution in [3.63, 3.8) is 0 Å². The number of nitrogens with one attached hydrogen (secondary N) is 1. The van der Waals surface area contributed by atoms with E-state index in [0.717, 1.165) is 12.5 Å². The summed E-state index contributed by atoms with van der Waals surface area (Å²) in [6.45, 7) is 10.6. The lowest BCUT2D eigenvalue weighted by Gasteiger charge is -2.43. The summed E-state index contributed by atoms with van der Waals surface area (Å²) in [6.07, 6.45) is 4.23. The Bertz CT molecular complexity index is 358. The Kier molecular flexibility index (Phi) is 2.56. The molecule has 2 aliphatic carbocycles. The first-order chi connectivity index (χ1) is 7.92. The van der Waals surface area contributed by atoms with E-state index >= 15 is 0 Å². The minimum atomic E-state index is 0.432. The number of hydrogen-bond acceptors (Lipinski definition) is 3. The van der Waals surface area contributed by atoms with E-state index < -0.39 is 0 Å². The van der Waals surface area contributed by atoms with Crippen LogP contribution in [0.3, 0.4) is 0 Å². The van der Waals surface area contributed by atoms with Crippen molar-refractivity contribution < 1.29 is 0 Å². The van der Waals surface area contributed by atoms with E-state index in [-0.39, 0.29) is 0 Å². The Morgan fingerprint density at radius 2 is 2.12 bits per heavy atom. The molecule has 0 amide bonds. The van der Waals surface area contributed by atoms with E-state index in [2.05, 4.69) is 38.0 Å². The molecule has 3 rings (SSSR count). The van der Waals surface area contributed by atoms with Crippen LogP contribution >= 0.6 is 11.8 Å². The van der Waals surface area contributed by atoms with Gasteiger partial charge in [0.2, 0.25) is 0 Å². The fraction of sp³-hybridized carbons (Fsp3) is 0.929. The Morgan fingerprint density at radius 3 is 2.65 bits per heavy atom. The zero-order valence-corrected chi connectivity index (χ0v) is 12.2. The van der Waals surface area contributed by atoms with Crippen molar-refractivity contribution in [2.75, 3.05) is 6.54 Å². The molecule has 1 aliphatic heterocycles. The molecule has 3 heteroatoms. The van der Waals surface area contributed by atoms with Crippen LogP contribution in [-0.4, -0.2) is 23.0 Å². The van der Waals surface area contributed by atoms with Gasteiger partial charge >= 0.3 is 0 Å². The first-order valence-electron chi connectivity index (χ1n) is 6.89. The largest absolute Gasteiger partial charge is 0.361 e. The van der Waals surface area contributed by atoms with Gasteiger partial charge in [-0.1, -0.05) is 39.5 Å². The molecule has 0 spiro atoms. The Labute approximate surface area is 109 Å². The van der Waals surface area contributed by atoms with Gasteiger partial charge in [0.15, 0.2) is 5.17 Å². The number of nitrogens with zero attached hydrogens (tertiary/aromatic N) is 1. The number of amidine groups is 1. The third-order valence-electron chi connectivity index (χ3n) is 5.34. The van der Waals surface area contributed by atoms with Crippen molar-refractivity contribution in [1.82, 2.24) is 5.32 Å². The van der Waals surface area contributed by atoms with Crippen LogP contribution in [-0.2, 0) is 0 Å². The average molecular weight is 252 g/mol. The summed E-state index contributed by atoms with van der Waals surface area (Å²) in [6, 6.07) is 0.616. The monoisotopic (exact) mass is 252 g/mol. The lowest BCUT2D eigenvalue weighted by molar-refractivity contribution is 0.126. The molecular weight excluding hydrogens is 228 g/mol. The van der Waals surface area contributed by atoms with E-state index in [0.29, 0.717) is 22.1 Å². The third kappa shape index (κ3) is 1.73. The summed E-state index contributed by atoms with van der Waals surface area (Å²) in [7, 11) is 0. The van der Waals surface area contributed by atoms with Crippen LogP contribution in [0.15, 0.2) is 4.99 Å². The smallest absolute Gasteiger partial charge is 0.157 e. The van der Waals surface area contributed by atoms with Gasteiger partial charge in [0.25, 0.3) is 0 Å². The number of rotatable bonds is 1. The SMILES string of the molecule is CC1CN=C(NC2C3(C)CCC(C3)C2(C)C)S1. The van der Waals surface area contributed by atoms with E-state index in [1.807, 2.05) is 11.8 Å². The van der Waals surface area contributed by atoms with E-state index in [4.69, 9.17) is 0 Å². The van der Waals surface area contributed by atoms with Gasteiger partial charge in [-0.05, 0) is 36.0 Å². The molecule has 1 heterocycles. The zero-order chi connectivity index (χ0) is 12.3. The number of thioether (sulfide) groups is 1. The third-order valence-corrected chi connectivity index (χ3v) is 6.36. The van der Waals surface area contributed by atoms with Crippen LogP contribution in [0.2, 0.25) is 0 Å². The highest BCUT2D eigenvalue weighted by atomic mass is 32.2. The maximum absolute atomic E-state index is 4.63. The van der Waals surface area contributed by atoms with Crippen molar-refractivity contribution in [3.8, 4) is 0 Å². The Morgan fingerprint density at radius 1 is 1.35 bits per heavy atom. The molecule has 2 fully saturated rings. The first-order valence-corrected chi connectivity index (χ1v) is 7.77. The maximum atomic E-state index is 4.63. The van der Waals surface area contributed by atoms with Gasteiger partial charge in [-0.15, -0.1) is 0 Å². The molecule has 0 saturated heterocycles. The first kappa shape index (κ1) is 11.9. The van der Waals surface area contributed by atoms with Gasteiger partial charge in [0.05, 0.1) is 6.54 Å². The van der Waals surface area contributed by atoms with Crippen molar-refractivity contribution in [2.24, 2.45) is 21.7 Å². The van der Waals surface area contributed by atoms with Gasteiger partial charge in [-0.3, -0.25) is 4.99 Å². The molecule has 2 saturated carbocycles. The van der Waals surface area contributed by atoms with Crippen LogP contribution in [0, 0.1) is 16.7 Å². The van der Waals surface area contributed by atoms with Crippen LogP contribution in [0.1, 0.15) is 47.0 Å². The molecule has 17 heavy (non-hydrogen) atoms. The van der Waals surface area contributed by atoms with Gasteiger partial charge in [-0.25, -0.2) is 0 Å². The summed E-state index contributed by atoms with van der Waals surface area (Å²) in [5, 5.41) is 5.64. The van der Waals surface area contributed by atoms with Crippen LogP contribution in [0.4, 0.5) is 0 Å². The predicted molar refractivity (Wildman–Crippen MR) is 75.5 cm³/mol. The molecule has 1 N–H and O–H groups in total. The predicted octanol–water partition coefficient (Wildman–Crippen LogP) is 3.28. The lowest BCUT2D eigenvalue weighted by atomic mass is 9.68. The van der Waals surface area contributed by atoms with Gasteiger partial charge < -0.3 is 5.32 Å². The minimum Gasteiger partial charge on any atom is -0.361 e. The van der Waals surface area contributed by atoms with Crippen LogP contribution < -0.4 is 5.32 Å². The second-order valence-electron chi connectivity index (χ2n) is 7.07. The van der Waals surface area contributed by atoms with Crippen molar-refractivity contribution in [3.05, 3.63) is 0 Å². The summed E-state index contributed by atoms with van der Waals surface area (Å²) in [5.41, 5.74) is 0.935. The second-order valence-corrected chi connectivity index (χ2v) is 8.49. The molecule has 4 unspecified atom stereocenters. The van der Waals surface area contributed by atoms with E-state index in [1.165, 1.54) is 24.4 Å². The summed E-state index contributed by atoms with van der Waals surface area (Å²) < 4.78 is 0. The van der Waals surface area contributed by atoms with Gasteiger partial charge in [-0.2, -0.15) is 0 Å². The van der Waals surface area contributed by atoms with Crippen molar-refractivity contribution >= 4 is 16.9 Å². The highest BCUT2D eigenvalue weighted by molar-refractivity contribution is 8.14. The molecule has 0 aromatic rings. The summed E-state index contributed by atoms with van der Waals surface area (Å²) in [4.78, 5) is 4.63. The molecule has 3 aliphatic rings. The average Bonchev–Trinajstić information content (AvgIpc) is 2.85. The molecule has 2 nitrogen and oxygen atoms in total. The number of fused-ring (bicyclic) bond motifs is 2. The molecule has 4 atom stereocenters. The normalized spacial score (nSPS) is 47.3. The van der Waals surface area contributed by atoms with E-state index in [9.17, 15) is 0 Å². The zero-order valence-electron chi connectivity index (χ0n) is 11.4.